The van der Waals surface area contributed by atoms with Crippen molar-refractivity contribution in [1.29, 1.82) is 0 Å². The molecular formula is C17H19NO5. The van der Waals surface area contributed by atoms with Crippen LogP contribution in [-0.4, -0.2) is 30.0 Å². The number of oxime groups is 1. The van der Waals surface area contributed by atoms with Gasteiger partial charge in [-0.2, -0.15) is 0 Å². The molecule has 0 aromatic heterocycles. The number of Topliss-reactive ketones (excluding diaryl/α,β-unsaturated/α-hetero) is 1. The molecule has 0 aliphatic carbocycles. The Morgan fingerprint density at radius 3 is 2.35 bits per heavy atom. The summed E-state index contributed by atoms with van der Waals surface area (Å²) >= 11 is 0. The molecule has 0 amide bonds. The van der Waals surface area contributed by atoms with Gasteiger partial charge >= 0.3 is 11.9 Å². The minimum absolute atomic E-state index is 0.0223. The van der Waals surface area contributed by atoms with Gasteiger partial charge in [0.2, 0.25) is 5.78 Å². The summed E-state index contributed by atoms with van der Waals surface area (Å²) in [5.74, 6) is -2.91. The molecule has 0 saturated carbocycles. The van der Waals surface area contributed by atoms with Crippen molar-refractivity contribution in [1.82, 2.24) is 0 Å². The lowest BCUT2D eigenvalue weighted by Crippen LogP contribution is -2.25. The molecule has 0 spiro atoms. The van der Waals surface area contributed by atoms with Gasteiger partial charge in [0.25, 0.3) is 0 Å². The van der Waals surface area contributed by atoms with Crippen LogP contribution in [0, 0.1) is 0 Å². The van der Waals surface area contributed by atoms with Gasteiger partial charge in [0, 0.05) is 6.42 Å². The normalized spacial score (nSPS) is 11.3. The fourth-order valence-corrected chi connectivity index (χ4v) is 1.50. The van der Waals surface area contributed by atoms with Gasteiger partial charge in [-0.15, -0.1) is 0 Å². The second-order valence-electron chi connectivity index (χ2n) is 4.45. The maximum Gasteiger partial charge on any atom is 0.382 e. The first-order valence-corrected chi connectivity index (χ1v) is 7.28. The number of carbonyl (C=O) groups excluding carboxylic acids is 3. The number of ether oxygens (including phenoxy) is 1. The predicted octanol–water partition coefficient (Wildman–Crippen LogP) is 2.53. The van der Waals surface area contributed by atoms with E-state index in [4.69, 9.17) is 4.84 Å². The first-order chi connectivity index (χ1) is 11.1. The van der Waals surface area contributed by atoms with E-state index in [1.54, 1.807) is 13.0 Å². The van der Waals surface area contributed by atoms with Crippen LogP contribution in [0.4, 0.5) is 0 Å². The molecule has 0 unspecified atom stereocenters. The lowest BCUT2D eigenvalue weighted by atomic mass is 10.2. The van der Waals surface area contributed by atoms with Crippen LogP contribution in [0.3, 0.4) is 0 Å². The quantitative estimate of drug-likeness (QED) is 0.184. The maximum atomic E-state index is 11.7. The first-order valence-electron chi connectivity index (χ1n) is 7.28. The van der Waals surface area contributed by atoms with E-state index in [2.05, 4.69) is 9.89 Å². The third-order valence-electron chi connectivity index (χ3n) is 2.76. The lowest BCUT2D eigenvalue weighted by Gasteiger charge is -2.03. The topological polar surface area (TPSA) is 82.0 Å². The van der Waals surface area contributed by atoms with Crippen molar-refractivity contribution in [2.75, 3.05) is 6.61 Å². The fraction of sp³-hybridized carbons (Fsp3) is 0.294. The van der Waals surface area contributed by atoms with Gasteiger partial charge in [-0.3, -0.25) is 4.79 Å². The first kappa shape index (κ1) is 18.3. The van der Waals surface area contributed by atoms with Crippen LogP contribution >= 0.6 is 0 Å². The van der Waals surface area contributed by atoms with E-state index in [0.29, 0.717) is 0 Å². The highest BCUT2D eigenvalue weighted by molar-refractivity contribution is 6.43. The summed E-state index contributed by atoms with van der Waals surface area (Å²) in [6.07, 6.45) is 3.78. The molecule has 0 heterocycles. The third kappa shape index (κ3) is 6.69. The molecule has 0 aliphatic heterocycles. The Morgan fingerprint density at radius 2 is 1.74 bits per heavy atom. The van der Waals surface area contributed by atoms with Crippen LogP contribution in [-0.2, 0) is 24.0 Å². The molecule has 122 valence electrons. The van der Waals surface area contributed by atoms with E-state index in [-0.39, 0.29) is 25.2 Å². The van der Waals surface area contributed by atoms with E-state index in [1.807, 2.05) is 36.4 Å². The van der Waals surface area contributed by atoms with E-state index >= 15 is 0 Å². The molecule has 1 aromatic rings. The van der Waals surface area contributed by atoms with Crippen LogP contribution in [0.1, 0.15) is 32.3 Å². The summed E-state index contributed by atoms with van der Waals surface area (Å²) in [7, 11) is 0. The Bertz CT molecular complexity index is 605. The van der Waals surface area contributed by atoms with Gasteiger partial charge in [0.1, 0.15) is 6.61 Å². The summed E-state index contributed by atoms with van der Waals surface area (Å²) in [5, 5.41) is 3.64. The largest absolute Gasteiger partial charge is 0.391 e. The highest BCUT2D eigenvalue weighted by Crippen LogP contribution is 2.01. The summed E-state index contributed by atoms with van der Waals surface area (Å²) < 4.78 is 4.43. The number of hydrogen-bond acceptors (Lipinski definition) is 6. The van der Waals surface area contributed by atoms with Gasteiger partial charge in [0.15, 0.2) is 5.71 Å². The van der Waals surface area contributed by atoms with Crippen molar-refractivity contribution in [3.8, 4) is 0 Å². The maximum absolute atomic E-state index is 11.7. The molecule has 0 saturated heterocycles. The number of carbonyl (C=O) groups is 3. The number of esters is 2. The zero-order valence-corrected chi connectivity index (χ0v) is 13.2. The van der Waals surface area contributed by atoms with Crippen molar-refractivity contribution in [2.45, 2.75) is 26.7 Å². The minimum Gasteiger partial charge on any atom is -0.391 e. The van der Waals surface area contributed by atoms with Crippen LogP contribution < -0.4 is 0 Å². The molecule has 1 aromatic carbocycles. The molecule has 0 N–H and O–H groups in total. The molecular weight excluding hydrogens is 298 g/mol. The van der Waals surface area contributed by atoms with Crippen molar-refractivity contribution in [2.24, 2.45) is 5.16 Å². The average molecular weight is 317 g/mol. The molecule has 0 aliphatic rings. The minimum atomic E-state index is -1.18. The molecule has 6 nitrogen and oxygen atoms in total. The second-order valence-corrected chi connectivity index (χ2v) is 4.45. The Kier molecular flexibility index (Phi) is 7.99. The fourth-order valence-electron chi connectivity index (χ4n) is 1.50. The highest BCUT2D eigenvalue weighted by atomic mass is 16.6. The van der Waals surface area contributed by atoms with E-state index < -0.39 is 17.7 Å². The van der Waals surface area contributed by atoms with Crippen LogP contribution in [0.2, 0.25) is 0 Å². The third-order valence-corrected chi connectivity index (χ3v) is 2.76. The van der Waals surface area contributed by atoms with Crippen LogP contribution in [0.15, 0.2) is 41.6 Å². The van der Waals surface area contributed by atoms with Gasteiger partial charge in [0.05, 0.1) is 0 Å². The average Bonchev–Trinajstić information content (AvgIpc) is 2.58. The van der Waals surface area contributed by atoms with Gasteiger partial charge in [-0.05, 0) is 18.1 Å². The summed E-state index contributed by atoms with van der Waals surface area (Å²) in [6.45, 7) is 3.33. The SMILES string of the molecule is CCC(=O)C(=O)OC(=O)C(CC)=NOC/C=C/c1ccccc1. The number of ketones is 1. The monoisotopic (exact) mass is 317 g/mol. The van der Waals surface area contributed by atoms with Crippen molar-refractivity contribution < 1.29 is 24.0 Å². The summed E-state index contributed by atoms with van der Waals surface area (Å²) in [5.41, 5.74) is 0.953. The number of rotatable bonds is 8. The van der Waals surface area contributed by atoms with Crippen molar-refractivity contribution in [3.05, 3.63) is 42.0 Å². The summed E-state index contributed by atoms with van der Waals surface area (Å²) in [4.78, 5) is 39.0. The molecule has 1 rings (SSSR count). The smallest absolute Gasteiger partial charge is 0.382 e. The predicted molar refractivity (Wildman–Crippen MR) is 85.6 cm³/mol. The zero-order valence-electron chi connectivity index (χ0n) is 13.2. The van der Waals surface area contributed by atoms with E-state index in [1.165, 1.54) is 6.92 Å². The van der Waals surface area contributed by atoms with Gasteiger partial charge < -0.3 is 9.57 Å². The molecule has 0 bridgehead atoms. The summed E-state index contributed by atoms with van der Waals surface area (Å²) in [6, 6.07) is 9.62. The molecule has 0 atom stereocenters. The highest BCUT2D eigenvalue weighted by Gasteiger charge is 2.21. The Morgan fingerprint density at radius 1 is 1.04 bits per heavy atom. The van der Waals surface area contributed by atoms with Gasteiger partial charge in [-0.1, -0.05) is 55.4 Å². The molecule has 23 heavy (non-hydrogen) atoms. The number of benzene rings is 1. The zero-order chi connectivity index (χ0) is 17.1. The Hall–Kier alpha value is -2.76. The number of nitrogens with zero attached hydrogens (tertiary/aromatic N) is 1. The van der Waals surface area contributed by atoms with Crippen molar-refractivity contribution >= 4 is 29.5 Å². The van der Waals surface area contributed by atoms with Crippen molar-refractivity contribution in [3.63, 3.8) is 0 Å². The lowest BCUT2D eigenvalue weighted by molar-refractivity contribution is -0.160. The van der Waals surface area contributed by atoms with E-state index in [0.717, 1.165) is 5.56 Å². The Labute approximate surface area is 134 Å². The second kappa shape index (κ2) is 10.0. The van der Waals surface area contributed by atoms with E-state index in [9.17, 15) is 14.4 Å². The Balaban J connectivity index is 2.49. The molecule has 0 fully saturated rings. The number of hydrogen-bond donors (Lipinski definition) is 0. The standard InChI is InChI=1S/C17H19NO5/c1-3-14(16(20)23-17(21)15(19)4-2)18-22-12-8-11-13-9-6-5-7-10-13/h5-11H,3-4,12H2,1-2H3/b11-8+,18-14?. The molecule has 6 heteroatoms. The van der Waals surface area contributed by atoms with Crippen LogP contribution in [0.5, 0.6) is 0 Å². The molecule has 0 radical (unpaired) electrons. The van der Waals surface area contributed by atoms with Gasteiger partial charge in [-0.25, -0.2) is 9.59 Å². The van der Waals surface area contributed by atoms with Crippen LogP contribution in [0.25, 0.3) is 6.08 Å².